The van der Waals surface area contributed by atoms with Crippen LogP contribution in [-0.4, -0.2) is 123 Å². The average Bonchev–Trinajstić information content (AvgIpc) is 3.12. The summed E-state index contributed by atoms with van der Waals surface area (Å²) in [6.07, 6.45) is 13.1. The van der Waals surface area contributed by atoms with Crippen LogP contribution < -0.4 is 0 Å². The van der Waals surface area contributed by atoms with Crippen molar-refractivity contribution in [2.75, 3.05) is 19.8 Å². The molecule has 2 heterocycles. The van der Waals surface area contributed by atoms with Crippen LogP contribution in [0.2, 0.25) is 0 Å². The molecule has 2 rings (SSSR count). The first-order chi connectivity index (χ1) is 26.7. The Labute approximate surface area is 334 Å². The second-order valence-corrected chi connectivity index (χ2v) is 14.3. The van der Waals surface area contributed by atoms with E-state index in [4.69, 9.17) is 44.5 Å². The van der Waals surface area contributed by atoms with Crippen LogP contribution in [-0.2, 0) is 38.3 Å². The minimum atomic E-state index is -1.00. The van der Waals surface area contributed by atoms with Gasteiger partial charge in [-0.05, 0) is 23.8 Å². The average molecular weight is 817 g/mol. The van der Waals surface area contributed by atoms with Gasteiger partial charge < -0.3 is 54.7 Å². The second-order valence-electron chi connectivity index (χ2n) is 14.3. The van der Waals surface area contributed by atoms with Crippen molar-refractivity contribution >= 4 is 17.9 Å². The quantitative estimate of drug-likeness (QED) is 0.0365. The second kappa shape index (κ2) is 38.5. The summed E-state index contributed by atoms with van der Waals surface area (Å²) in [5.41, 5.74) is 0. The van der Waals surface area contributed by atoms with E-state index in [2.05, 4.69) is 11.9 Å². The zero-order valence-electron chi connectivity index (χ0n) is 34.6. The Morgan fingerprint density at radius 2 is 1.18 bits per heavy atom. The Kier molecular flexibility index (Phi) is 38.5. The summed E-state index contributed by atoms with van der Waals surface area (Å²) in [5, 5.41) is 64.0. The van der Waals surface area contributed by atoms with Crippen LogP contribution in [0.15, 0.2) is 0 Å². The number of rotatable bonds is 27. The molecule has 7 N–H and O–H groups in total. The van der Waals surface area contributed by atoms with E-state index in [0.717, 1.165) is 51.4 Å². The molecule has 0 bridgehead atoms. The van der Waals surface area contributed by atoms with Crippen molar-refractivity contribution in [1.82, 2.24) is 0 Å². The van der Waals surface area contributed by atoms with E-state index in [1.165, 1.54) is 45.4 Å². The highest BCUT2D eigenvalue weighted by Crippen LogP contribution is 2.22. The molecule has 15 nitrogen and oxygen atoms in total. The molecule has 56 heavy (non-hydrogen) atoms. The zero-order chi connectivity index (χ0) is 42.6. The minimum Gasteiger partial charge on any atom is -0.481 e. The number of ether oxygens (including phenoxy) is 4. The predicted molar refractivity (Wildman–Crippen MR) is 207 cm³/mol. The number of unbranched alkanes of at least 4 members (excludes halogenated alkanes) is 12. The minimum absolute atomic E-state index is 0.0988. The van der Waals surface area contributed by atoms with E-state index in [1.807, 2.05) is 13.8 Å². The Morgan fingerprint density at radius 3 is 1.68 bits per heavy atom. The van der Waals surface area contributed by atoms with Crippen LogP contribution in [0.1, 0.15) is 169 Å². The van der Waals surface area contributed by atoms with Gasteiger partial charge in [0, 0.05) is 39.0 Å². The summed E-state index contributed by atoms with van der Waals surface area (Å²) in [4.78, 5) is 34.8. The van der Waals surface area contributed by atoms with Gasteiger partial charge in [-0.2, -0.15) is 4.94 Å². The molecule has 0 saturated carbocycles. The standard InChI is InChI=1S/C24H44O8.C8H16O3.C6H11FO4.C2H6/c1-19(25)30-18-22-15-21(27)16-24(32-22)31-17-20(26)13-11-9-7-5-3-2-4-6-8-10-12-14-23(28)29;1-2-3-4-5-7(9)6-8(10)11;7-10-3-5-1-4(8)2-6(9)11-5;1-2/h20-22,24,26-27H,2-18H2,1H3,(H,28,29);7,9H,2-6H2,1H3,(H,10,11);4-6,8-9H,1-3H2;1-2H3/t20?,21-,22-,24+;;4-,5-,6+;/m0.0./s1. The van der Waals surface area contributed by atoms with Crippen LogP contribution >= 0.6 is 0 Å². The zero-order valence-corrected chi connectivity index (χ0v) is 34.6. The third-order valence-electron chi connectivity index (χ3n) is 8.88. The van der Waals surface area contributed by atoms with Crippen LogP contribution in [0.25, 0.3) is 0 Å². The molecule has 0 spiro atoms. The van der Waals surface area contributed by atoms with Gasteiger partial charge in [0.05, 0.1) is 49.7 Å². The molecule has 2 saturated heterocycles. The molecule has 16 heteroatoms. The highest BCUT2D eigenvalue weighted by atomic mass is 19.3. The lowest BCUT2D eigenvalue weighted by molar-refractivity contribution is -0.233. The first-order valence-electron chi connectivity index (χ1n) is 20.9. The molecule has 0 radical (unpaired) electrons. The maximum absolute atomic E-state index is 11.3. The van der Waals surface area contributed by atoms with Gasteiger partial charge in [-0.1, -0.05) is 104 Å². The highest BCUT2D eigenvalue weighted by molar-refractivity contribution is 5.67. The lowest BCUT2D eigenvalue weighted by Gasteiger charge is -2.33. The Morgan fingerprint density at radius 1 is 0.679 bits per heavy atom. The first-order valence-corrected chi connectivity index (χ1v) is 20.9. The molecule has 0 aliphatic carbocycles. The number of carbonyl (C=O) groups is 3. The molecule has 0 aromatic rings. The van der Waals surface area contributed by atoms with Gasteiger partial charge in [0.25, 0.3) is 0 Å². The fourth-order valence-corrected chi connectivity index (χ4v) is 6.00. The summed E-state index contributed by atoms with van der Waals surface area (Å²) < 4.78 is 32.4. The third-order valence-corrected chi connectivity index (χ3v) is 8.88. The molecule has 0 aromatic carbocycles. The summed E-state index contributed by atoms with van der Waals surface area (Å²) >= 11 is 0. The van der Waals surface area contributed by atoms with Crippen molar-refractivity contribution < 1.29 is 78.5 Å². The number of aliphatic hydroxyl groups is 5. The largest absolute Gasteiger partial charge is 0.481 e. The Bertz CT molecular complexity index is 920. The molecule has 0 amide bonds. The number of carboxylic acids is 2. The highest BCUT2D eigenvalue weighted by Gasteiger charge is 2.30. The molecule has 0 aromatic heterocycles. The molecule has 2 aliphatic rings. The molecular formula is C40H77FO15. The van der Waals surface area contributed by atoms with Crippen molar-refractivity contribution in [3.63, 3.8) is 0 Å². The van der Waals surface area contributed by atoms with Crippen LogP contribution in [0.4, 0.5) is 4.53 Å². The van der Waals surface area contributed by atoms with Gasteiger partial charge in [0.1, 0.15) is 13.2 Å². The fourth-order valence-electron chi connectivity index (χ4n) is 6.00. The number of esters is 1. The lowest BCUT2D eigenvalue weighted by Crippen LogP contribution is -2.40. The number of hydrogen-bond donors (Lipinski definition) is 7. The fraction of sp³-hybridized carbons (Fsp3) is 0.925. The third kappa shape index (κ3) is 37.6. The number of carbonyl (C=O) groups excluding carboxylic acids is 1. The number of aliphatic carboxylic acids is 2. The van der Waals surface area contributed by atoms with Gasteiger partial charge in [-0.15, -0.1) is 0 Å². The first kappa shape index (κ1) is 56.1. The van der Waals surface area contributed by atoms with E-state index in [1.54, 1.807) is 0 Å². The maximum Gasteiger partial charge on any atom is 0.305 e. The van der Waals surface area contributed by atoms with Gasteiger partial charge in [-0.25, -0.2) is 0 Å². The SMILES string of the molecule is CC.CC(=O)OC[C@@H]1C[C@H](O)C[C@H](OCC(O)CCCCCCCCCCCCCC(=O)O)O1.CCCCCC(O)CC(=O)O.O[C@H]1C[C@@H](COF)O[C@@H](O)C1. The van der Waals surface area contributed by atoms with Crippen LogP contribution in [0.5, 0.6) is 0 Å². The monoisotopic (exact) mass is 817 g/mol. The molecule has 334 valence electrons. The van der Waals surface area contributed by atoms with Crippen molar-refractivity contribution in [1.29, 1.82) is 0 Å². The molecule has 2 aliphatic heterocycles. The molecule has 2 fully saturated rings. The van der Waals surface area contributed by atoms with E-state index < -0.39 is 55.0 Å². The lowest BCUT2D eigenvalue weighted by atomic mass is 10.0. The van der Waals surface area contributed by atoms with E-state index in [0.29, 0.717) is 32.1 Å². The Hall–Kier alpha value is -2.02. The van der Waals surface area contributed by atoms with Crippen molar-refractivity contribution in [2.24, 2.45) is 0 Å². The summed E-state index contributed by atoms with van der Waals surface area (Å²) in [7, 11) is 0. The van der Waals surface area contributed by atoms with Crippen molar-refractivity contribution in [3.8, 4) is 0 Å². The van der Waals surface area contributed by atoms with Crippen LogP contribution in [0.3, 0.4) is 0 Å². The van der Waals surface area contributed by atoms with Gasteiger partial charge >= 0.3 is 17.9 Å². The smallest absolute Gasteiger partial charge is 0.305 e. The summed E-state index contributed by atoms with van der Waals surface area (Å²) in [6, 6.07) is 0. The van der Waals surface area contributed by atoms with E-state index in [-0.39, 0.29) is 51.2 Å². The van der Waals surface area contributed by atoms with Crippen molar-refractivity contribution in [2.45, 2.75) is 218 Å². The predicted octanol–water partition coefficient (Wildman–Crippen LogP) is 6.12. The summed E-state index contributed by atoms with van der Waals surface area (Å²) in [5.74, 6) is -2.00. The molecule has 2 unspecified atom stereocenters. The topological polar surface area (TPSA) is 239 Å². The molecule has 8 atom stereocenters. The van der Waals surface area contributed by atoms with Gasteiger partial charge in [0.2, 0.25) is 0 Å². The normalized spacial score (nSPS) is 22.8. The Balaban J connectivity index is 0. The summed E-state index contributed by atoms with van der Waals surface area (Å²) in [6.45, 7) is 7.43. The van der Waals surface area contributed by atoms with Gasteiger partial charge in [-0.3, -0.25) is 14.4 Å². The van der Waals surface area contributed by atoms with Gasteiger partial charge in [0.15, 0.2) is 12.6 Å². The van der Waals surface area contributed by atoms with Crippen LogP contribution in [0, 0.1) is 0 Å². The van der Waals surface area contributed by atoms with E-state index >= 15 is 0 Å². The number of hydrogen-bond acceptors (Lipinski definition) is 13. The maximum atomic E-state index is 11.3. The van der Waals surface area contributed by atoms with E-state index in [9.17, 15) is 29.1 Å². The van der Waals surface area contributed by atoms with Crippen molar-refractivity contribution in [3.05, 3.63) is 0 Å². The number of halogens is 1. The number of carboxylic acid groups (broad SMARTS) is 2. The number of aliphatic hydroxyl groups excluding tert-OH is 5. The molecular weight excluding hydrogens is 739 g/mol.